The number of anilines is 1. The maximum Gasteiger partial charge on any atom is 0.328 e. The molecule has 7 nitrogen and oxygen atoms in total. The minimum Gasteiger partial charge on any atom is -0.382 e. The number of H-pyrrole nitrogens is 1. The Labute approximate surface area is 121 Å². The molecule has 1 unspecified atom stereocenters. The van der Waals surface area contributed by atoms with E-state index in [1.807, 2.05) is 0 Å². The summed E-state index contributed by atoms with van der Waals surface area (Å²) in [4.78, 5) is 25.1. The van der Waals surface area contributed by atoms with Crippen molar-refractivity contribution in [2.24, 2.45) is 0 Å². The second kappa shape index (κ2) is 4.98. The smallest absolute Gasteiger partial charge is 0.328 e. The van der Waals surface area contributed by atoms with Gasteiger partial charge >= 0.3 is 5.69 Å². The quantitative estimate of drug-likeness (QED) is 0.783. The number of imidazole rings is 1. The van der Waals surface area contributed by atoms with Gasteiger partial charge in [-0.15, -0.1) is 0 Å². The Balaban J connectivity index is 1.97. The lowest BCUT2D eigenvalue weighted by Gasteiger charge is -2.17. The van der Waals surface area contributed by atoms with Gasteiger partial charge in [0.25, 0.3) is 0 Å². The predicted octanol–water partition coefficient (Wildman–Crippen LogP) is 0.486. The van der Waals surface area contributed by atoms with Crippen molar-refractivity contribution in [2.45, 2.75) is 19.4 Å². The Kier molecular flexibility index (Phi) is 3.14. The van der Waals surface area contributed by atoms with E-state index < -0.39 is 0 Å². The van der Waals surface area contributed by atoms with Crippen LogP contribution in [0.1, 0.15) is 19.4 Å². The van der Waals surface area contributed by atoms with Crippen LogP contribution < -0.4 is 11.4 Å². The van der Waals surface area contributed by atoms with Gasteiger partial charge in [-0.05, 0) is 13.3 Å². The Morgan fingerprint density at radius 2 is 2.38 bits per heavy atom. The molecule has 7 heteroatoms. The number of likely N-dealkylation sites (tertiary alicyclic amines) is 1. The van der Waals surface area contributed by atoms with Crippen LogP contribution in [0.2, 0.25) is 0 Å². The molecule has 3 heterocycles. The van der Waals surface area contributed by atoms with Crippen LogP contribution in [-0.2, 0) is 0 Å². The molecule has 2 aromatic rings. The highest BCUT2D eigenvalue weighted by molar-refractivity contribution is 5.81. The number of rotatable bonds is 2. The number of nitrogens with two attached hydrogens (primary N) is 1. The molecule has 2 aromatic heterocycles. The number of fused-ring (bicyclic) bond motifs is 1. The zero-order valence-electron chi connectivity index (χ0n) is 11.8. The Hall–Kier alpha value is -2.75. The molecule has 108 valence electrons. The lowest BCUT2D eigenvalue weighted by atomic mass is 10.2. The van der Waals surface area contributed by atoms with Crippen molar-refractivity contribution in [1.29, 1.82) is 0 Å². The van der Waals surface area contributed by atoms with Crippen molar-refractivity contribution in [3.63, 3.8) is 0 Å². The Morgan fingerprint density at radius 3 is 3.14 bits per heavy atom. The molecule has 0 aliphatic carbocycles. The average Bonchev–Trinajstić information content (AvgIpc) is 3.03. The van der Waals surface area contributed by atoms with Gasteiger partial charge in [0, 0.05) is 13.1 Å². The summed E-state index contributed by atoms with van der Waals surface area (Å²) in [6, 6.07) is 0.0240. The minimum atomic E-state index is -0.212. The van der Waals surface area contributed by atoms with Crippen LogP contribution in [0.4, 0.5) is 5.82 Å². The van der Waals surface area contributed by atoms with Crippen molar-refractivity contribution in [3.8, 4) is 11.8 Å². The first kappa shape index (κ1) is 13.2. The van der Waals surface area contributed by atoms with E-state index >= 15 is 0 Å². The fourth-order valence-corrected chi connectivity index (χ4v) is 2.72. The van der Waals surface area contributed by atoms with E-state index in [0.717, 1.165) is 18.7 Å². The summed E-state index contributed by atoms with van der Waals surface area (Å²) >= 11 is 0. The van der Waals surface area contributed by atoms with Gasteiger partial charge in [-0.25, -0.2) is 14.8 Å². The Bertz CT molecular complexity index is 821. The fourth-order valence-electron chi connectivity index (χ4n) is 2.72. The molecular weight excluding hydrogens is 268 g/mol. The van der Waals surface area contributed by atoms with Crippen molar-refractivity contribution in [1.82, 2.24) is 24.4 Å². The number of hydrogen-bond acceptors (Lipinski definition) is 5. The molecule has 0 saturated carbocycles. The Morgan fingerprint density at radius 1 is 1.57 bits per heavy atom. The third kappa shape index (κ3) is 2.14. The van der Waals surface area contributed by atoms with Gasteiger partial charge in [0.15, 0.2) is 11.5 Å². The first-order valence-electron chi connectivity index (χ1n) is 6.69. The second-order valence-electron chi connectivity index (χ2n) is 4.97. The van der Waals surface area contributed by atoms with Gasteiger partial charge in [0.05, 0.1) is 11.7 Å². The normalized spacial score (nSPS) is 17.8. The van der Waals surface area contributed by atoms with Crippen LogP contribution in [0.5, 0.6) is 0 Å². The van der Waals surface area contributed by atoms with E-state index in [2.05, 4.69) is 38.3 Å². The van der Waals surface area contributed by atoms with Crippen LogP contribution in [0.25, 0.3) is 11.2 Å². The number of allylic oxidation sites excluding steroid dienone is 1. The molecule has 3 N–H and O–H groups in total. The number of nitrogens with zero attached hydrogens (tertiary/aromatic N) is 4. The number of aromatic amines is 1. The summed E-state index contributed by atoms with van der Waals surface area (Å²) in [5, 5.41) is 0. The van der Waals surface area contributed by atoms with Gasteiger partial charge in [-0.2, -0.15) is 0 Å². The van der Waals surface area contributed by atoms with Gasteiger partial charge in [0.2, 0.25) is 0 Å². The van der Waals surface area contributed by atoms with Crippen molar-refractivity contribution in [3.05, 3.63) is 29.1 Å². The molecule has 0 spiro atoms. The van der Waals surface area contributed by atoms with Crippen LogP contribution in [0.3, 0.4) is 0 Å². The minimum absolute atomic E-state index is 0.0240. The van der Waals surface area contributed by atoms with E-state index in [4.69, 9.17) is 5.73 Å². The molecule has 0 bridgehead atoms. The molecular formula is C14H16N6O. The van der Waals surface area contributed by atoms with E-state index in [0.29, 0.717) is 17.7 Å². The summed E-state index contributed by atoms with van der Waals surface area (Å²) in [7, 11) is 0. The summed E-state index contributed by atoms with van der Waals surface area (Å²) < 4.78 is 1.65. The predicted molar refractivity (Wildman–Crippen MR) is 80.4 cm³/mol. The zero-order chi connectivity index (χ0) is 15.0. The largest absolute Gasteiger partial charge is 0.382 e. The molecule has 3 rings (SSSR count). The fraction of sp³-hybridized carbons (Fsp3) is 0.357. The van der Waals surface area contributed by atoms with E-state index in [1.165, 1.54) is 6.33 Å². The lowest BCUT2D eigenvalue weighted by molar-refractivity contribution is 0.416. The van der Waals surface area contributed by atoms with Gasteiger partial charge in [0.1, 0.15) is 11.8 Å². The topological polar surface area (TPSA) is 92.8 Å². The van der Waals surface area contributed by atoms with Crippen molar-refractivity contribution in [2.75, 3.05) is 18.8 Å². The lowest BCUT2D eigenvalue weighted by Crippen LogP contribution is -2.25. The number of nitrogen functional groups attached to an aromatic ring is 1. The summed E-state index contributed by atoms with van der Waals surface area (Å²) in [6.07, 6.45) is 2.21. The van der Waals surface area contributed by atoms with E-state index in [9.17, 15) is 4.79 Å². The van der Waals surface area contributed by atoms with Gasteiger partial charge < -0.3 is 15.6 Å². The van der Waals surface area contributed by atoms with Gasteiger partial charge in [-0.1, -0.05) is 18.4 Å². The van der Waals surface area contributed by atoms with Crippen LogP contribution in [0.15, 0.2) is 23.4 Å². The number of hydrogen-bond donors (Lipinski definition) is 2. The highest BCUT2D eigenvalue weighted by atomic mass is 16.1. The molecule has 1 aliphatic rings. The number of nitrogens with one attached hydrogen (secondary N) is 1. The monoisotopic (exact) mass is 284 g/mol. The molecule has 0 radical (unpaired) electrons. The SMILES string of the molecule is C=C(C#CC)N1CCC(n2c(=O)[nH]c3c(N)ncnc32)C1. The highest BCUT2D eigenvalue weighted by Gasteiger charge is 2.27. The molecule has 21 heavy (non-hydrogen) atoms. The maximum atomic E-state index is 12.2. The van der Waals surface area contributed by atoms with Crippen LogP contribution >= 0.6 is 0 Å². The van der Waals surface area contributed by atoms with Gasteiger partial charge in [-0.3, -0.25) is 4.57 Å². The molecule has 0 amide bonds. The standard InChI is InChI=1S/C14H16N6O/c1-3-4-9(2)19-6-5-10(7-19)20-13-11(18-14(20)21)12(15)16-8-17-13/h8,10H,2,5-7H2,1H3,(H,18,21)(H2,15,16,17). The molecule has 1 aliphatic heterocycles. The third-order valence-electron chi connectivity index (χ3n) is 3.72. The highest BCUT2D eigenvalue weighted by Crippen LogP contribution is 2.25. The second-order valence-corrected chi connectivity index (χ2v) is 4.97. The first-order chi connectivity index (χ1) is 10.1. The summed E-state index contributed by atoms with van der Waals surface area (Å²) in [6.45, 7) is 7.24. The van der Waals surface area contributed by atoms with Crippen LogP contribution in [-0.4, -0.2) is 37.5 Å². The van der Waals surface area contributed by atoms with Crippen molar-refractivity contribution < 1.29 is 0 Å². The first-order valence-corrected chi connectivity index (χ1v) is 6.69. The maximum absolute atomic E-state index is 12.2. The summed E-state index contributed by atoms with van der Waals surface area (Å²) in [5.74, 6) is 6.08. The van der Waals surface area contributed by atoms with Crippen LogP contribution in [0, 0.1) is 11.8 Å². The van der Waals surface area contributed by atoms with E-state index in [1.54, 1.807) is 11.5 Å². The zero-order valence-corrected chi connectivity index (χ0v) is 11.8. The van der Waals surface area contributed by atoms with E-state index in [-0.39, 0.29) is 17.5 Å². The molecule has 1 fully saturated rings. The van der Waals surface area contributed by atoms with Crippen molar-refractivity contribution >= 4 is 17.0 Å². The average molecular weight is 284 g/mol. The molecule has 1 saturated heterocycles. The molecule has 0 aromatic carbocycles. The number of aromatic nitrogens is 4. The molecule has 1 atom stereocenters. The third-order valence-corrected chi connectivity index (χ3v) is 3.72. The summed E-state index contributed by atoms with van der Waals surface area (Å²) in [5.41, 5.74) is 7.38.